The quantitative estimate of drug-likeness (QED) is 0.452. The van der Waals surface area contributed by atoms with Crippen LogP contribution in [0.1, 0.15) is 13.8 Å². The van der Waals surface area contributed by atoms with Crippen LogP contribution in [0, 0.1) is 0 Å². The van der Waals surface area contributed by atoms with Crippen LogP contribution in [0.25, 0.3) is 0 Å². The highest BCUT2D eigenvalue weighted by molar-refractivity contribution is 8.02. The van der Waals surface area contributed by atoms with Crippen molar-refractivity contribution >= 4 is 17.4 Å². The summed E-state index contributed by atoms with van der Waals surface area (Å²) in [6.07, 6.45) is 7.67. The van der Waals surface area contributed by atoms with Crippen molar-refractivity contribution in [3.63, 3.8) is 0 Å². The van der Waals surface area contributed by atoms with Gasteiger partial charge in [0.05, 0.1) is 19.9 Å². The van der Waals surface area contributed by atoms with E-state index >= 15 is 0 Å². The van der Waals surface area contributed by atoms with Crippen LogP contribution in [0.2, 0.25) is 0 Å². The molecule has 0 aliphatic heterocycles. The number of rotatable bonds is 7. The fraction of sp³-hybridized carbons (Fsp3) is 0.294. The standard InChI is InChI=1S/C17H25N3O2S/c1-6-13(17(7-2)23-5)14(18)11-20(19)15-10-12(21-3)8-9-16(15)22-4/h6-11H,18-19H2,1-5H3/b13-6-,14-11-,17-7+. The Bertz CT molecular complexity index is 624. The van der Waals surface area contributed by atoms with Crippen molar-refractivity contribution in [2.24, 2.45) is 11.6 Å². The van der Waals surface area contributed by atoms with Crippen LogP contribution in [0.15, 0.2) is 52.7 Å². The van der Waals surface area contributed by atoms with E-state index in [9.17, 15) is 0 Å². The van der Waals surface area contributed by atoms with Gasteiger partial charge in [0.15, 0.2) is 0 Å². The lowest BCUT2D eigenvalue weighted by Crippen LogP contribution is -2.27. The molecule has 0 saturated heterocycles. The Morgan fingerprint density at radius 3 is 2.35 bits per heavy atom. The smallest absolute Gasteiger partial charge is 0.144 e. The zero-order chi connectivity index (χ0) is 17.4. The number of thioether (sulfide) groups is 1. The molecule has 6 heteroatoms. The van der Waals surface area contributed by atoms with Crippen LogP contribution >= 0.6 is 11.8 Å². The fourth-order valence-electron chi connectivity index (χ4n) is 2.12. The van der Waals surface area contributed by atoms with Gasteiger partial charge in [0.2, 0.25) is 0 Å². The number of hydrogen-bond acceptors (Lipinski definition) is 6. The second-order valence-corrected chi connectivity index (χ2v) is 5.44. The van der Waals surface area contributed by atoms with Gasteiger partial charge < -0.3 is 15.2 Å². The minimum absolute atomic E-state index is 0.572. The first-order chi connectivity index (χ1) is 11.0. The van der Waals surface area contributed by atoms with Crippen LogP contribution in [0.4, 0.5) is 5.69 Å². The summed E-state index contributed by atoms with van der Waals surface area (Å²) in [5, 5.41) is 1.44. The van der Waals surface area contributed by atoms with Gasteiger partial charge in [-0.05, 0) is 32.2 Å². The summed E-state index contributed by atoms with van der Waals surface area (Å²) in [4.78, 5) is 1.09. The van der Waals surface area contributed by atoms with E-state index in [2.05, 4.69) is 0 Å². The van der Waals surface area contributed by atoms with E-state index in [-0.39, 0.29) is 0 Å². The molecule has 0 aliphatic carbocycles. The molecule has 0 radical (unpaired) electrons. The first-order valence-corrected chi connectivity index (χ1v) is 8.35. The molecule has 4 N–H and O–H groups in total. The zero-order valence-electron chi connectivity index (χ0n) is 14.3. The molecule has 0 fully saturated rings. The number of benzene rings is 1. The maximum atomic E-state index is 6.23. The molecule has 5 nitrogen and oxygen atoms in total. The highest BCUT2D eigenvalue weighted by Crippen LogP contribution is 2.32. The Labute approximate surface area is 142 Å². The van der Waals surface area contributed by atoms with Gasteiger partial charge >= 0.3 is 0 Å². The van der Waals surface area contributed by atoms with Gasteiger partial charge in [-0.2, -0.15) is 0 Å². The number of nitrogens with two attached hydrogens (primary N) is 2. The second-order valence-electron chi connectivity index (χ2n) is 4.59. The lowest BCUT2D eigenvalue weighted by molar-refractivity contribution is 0.403. The van der Waals surface area contributed by atoms with E-state index in [4.69, 9.17) is 21.1 Å². The van der Waals surface area contributed by atoms with Gasteiger partial charge in [-0.3, -0.25) is 5.01 Å². The molecule has 0 aromatic heterocycles. The van der Waals surface area contributed by atoms with Crippen molar-refractivity contribution in [3.05, 3.63) is 52.7 Å². The van der Waals surface area contributed by atoms with Crippen molar-refractivity contribution in [3.8, 4) is 11.5 Å². The maximum Gasteiger partial charge on any atom is 0.144 e. The minimum atomic E-state index is 0.572. The summed E-state index contributed by atoms with van der Waals surface area (Å²) < 4.78 is 10.6. The molecule has 126 valence electrons. The van der Waals surface area contributed by atoms with Crippen LogP contribution in [0.3, 0.4) is 0 Å². The number of ether oxygens (including phenoxy) is 2. The van der Waals surface area contributed by atoms with Crippen LogP contribution in [-0.2, 0) is 0 Å². The molecule has 1 aromatic carbocycles. The van der Waals surface area contributed by atoms with Gasteiger partial charge in [0.25, 0.3) is 0 Å². The average Bonchev–Trinajstić information content (AvgIpc) is 2.58. The van der Waals surface area contributed by atoms with Crippen LogP contribution < -0.4 is 26.1 Å². The van der Waals surface area contributed by atoms with Crippen molar-refractivity contribution in [2.75, 3.05) is 25.5 Å². The monoisotopic (exact) mass is 335 g/mol. The van der Waals surface area contributed by atoms with E-state index < -0.39 is 0 Å². The van der Waals surface area contributed by atoms with Crippen molar-refractivity contribution < 1.29 is 9.47 Å². The first-order valence-electron chi connectivity index (χ1n) is 7.12. The van der Waals surface area contributed by atoms with Gasteiger partial charge in [0, 0.05) is 22.7 Å². The summed E-state index contributed by atoms with van der Waals surface area (Å²) in [7, 11) is 3.20. The molecule has 0 unspecified atom stereocenters. The number of hydrazine groups is 1. The lowest BCUT2D eigenvalue weighted by atomic mass is 10.1. The second kappa shape index (κ2) is 9.17. The van der Waals surface area contributed by atoms with Crippen molar-refractivity contribution in [1.29, 1.82) is 0 Å². The third kappa shape index (κ3) is 4.71. The highest BCUT2D eigenvalue weighted by atomic mass is 32.2. The third-order valence-corrected chi connectivity index (χ3v) is 4.19. The molecule has 0 heterocycles. The maximum absolute atomic E-state index is 6.23. The Morgan fingerprint density at radius 2 is 1.87 bits per heavy atom. The van der Waals surface area contributed by atoms with Crippen molar-refractivity contribution in [2.45, 2.75) is 13.8 Å². The fourth-order valence-corrected chi connectivity index (χ4v) is 2.81. The molecular weight excluding hydrogens is 310 g/mol. The Balaban J connectivity index is 3.21. The predicted molar refractivity (Wildman–Crippen MR) is 99.5 cm³/mol. The SMILES string of the molecule is C/C=C(C(/N)=C/N(N)c1cc(OC)ccc1OC)\C(=C/C)SC. The molecule has 0 atom stereocenters. The van der Waals surface area contributed by atoms with Crippen molar-refractivity contribution in [1.82, 2.24) is 0 Å². The largest absolute Gasteiger partial charge is 0.497 e. The van der Waals surface area contributed by atoms with Gasteiger partial charge in [0.1, 0.15) is 17.2 Å². The van der Waals surface area contributed by atoms with E-state index in [1.165, 1.54) is 5.01 Å². The Kier molecular flexibility index (Phi) is 7.57. The van der Waals surface area contributed by atoms with Crippen LogP contribution in [-0.4, -0.2) is 20.5 Å². The van der Waals surface area contributed by atoms with Crippen LogP contribution in [0.5, 0.6) is 11.5 Å². The van der Waals surface area contributed by atoms with E-state index in [0.29, 0.717) is 22.9 Å². The molecule has 23 heavy (non-hydrogen) atoms. The zero-order valence-corrected chi connectivity index (χ0v) is 15.1. The van der Waals surface area contributed by atoms with Gasteiger partial charge in [-0.15, -0.1) is 11.8 Å². The lowest BCUT2D eigenvalue weighted by Gasteiger charge is -2.20. The summed E-state index contributed by atoms with van der Waals surface area (Å²) in [5.41, 5.74) is 8.40. The third-order valence-electron chi connectivity index (χ3n) is 3.29. The molecule has 0 amide bonds. The number of nitrogens with zero attached hydrogens (tertiary/aromatic N) is 1. The Hall–Kier alpha value is -2.05. The summed E-state index contributed by atoms with van der Waals surface area (Å²) in [6.45, 7) is 3.93. The Morgan fingerprint density at radius 1 is 1.17 bits per heavy atom. The normalized spacial score (nSPS) is 13.0. The average molecular weight is 335 g/mol. The minimum Gasteiger partial charge on any atom is -0.497 e. The van der Waals surface area contributed by atoms with Gasteiger partial charge in [-0.25, -0.2) is 5.84 Å². The van der Waals surface area contributed by atoms with Gasteiger partial charge in [-0.1, -0.05) is 12.2 Å². The summed E-state index contributed by atoms with van der Waals surface area (Å²) in [6, 6.07) is 5.41. The topological polar surface area (TPSA) is 73.7 Å². The molecule has 0 bridgehead atoms. The summed E-state index contributed by atoms with van der Waals surface area (Å²) >= 11 is 1.64. The first kappa shape index (κ1) is 19.0. The molecule has 0 aliphatic rings. The summed E-state index contributed by atoms with van der Waals surface area (Å²) in [5.74, 6) is 7.48. The molecule has 0 saturated carbocycles. The molecular formula is C17H25N3O2S. The number of anilines is 1. The predicted octanol–water partition coefficient (Wildman–Crippen LogP) is 3.40. The van der Waals surface area contributed by atoms with E-state index in [1.807, 2.05) is 38.3 Å². The molecule has 1 rings (SSSR count). The number of allylic oxidation sites excluding steroid dienone is 3. The number of methoxy groups -OCH3 is 2. The molecule has 0 spiro atoms. The molecule has 1 aromatic rings. The highest BCUT2D eigenvalue weighted by Gasteiger charge is 2.12. The van der Waals surface area contributed by atoms with E-state index in [0.717, 1.165) is 10.5 Å². The van der Waals surface area contributed by atoms with E-state index in [1.54, 1.807) is 44.3 Å². The number of hydrogen-bond donors (Lipinski definition) is 2.